The molecule has 0 bridgehead atoms. The van der Waals surface area contributed by atoms with Crippen molar-refractivity contribution in [1.82, 2.24) is 25.0 Å². The van der Waals surface area contributed by atoms with Crippen molar-refractivity contribution in [3.05, 3.63) is 57.7 Å². The maximum atomic E-state index is 5.40. The summed E-state index contributed by atoms with van der Waals surface area (Å²) >= 11 is 1.73. The molecule has 0 fully saturated rings. The molecule has 0 unspecified atom stereocenters. The number of guanidine groups is 1. The molecule has 0 aliphatic heterocycles. The first-order chi connectivity index (χ1) is 12.5. The molecule has 7 nitrogen and oxygen atoms in total. The lowest BCUT2D eigenvalue weighted by atomic mass is 10.2. The standard InChI is InChI=1S/C18H24N6OS.HI/c1-13-15(7-8-25-13)12-23(3)18(19-10-16-6-5-9-26-16)20-11-17-22-21-14(2)24(17)4;/h5-9H,10-12H2,1-4H3,(H,19,20);1H. The minimum atomic E-state index is 0. The summed E-state index contributed by atoms with van der Waals surface area (Å²) in [5.41, 5.74) is 1.15. The van der Waals surface area contributed by atoms with Crippen molar-refractivity contribution in [3.63, 3.8) is 0 Å². The Morgan fingerprint density at radius 3 is 2.74 bits per heavy atom. The number of aryl methyl sites for hydroxylation is 2. The molecule has 27 heavy (non-hydrogen) atoms. The van der Waals surface area contributed by atoms with E-state index in [2.05, 4.69) is 37.9 Å². The monoisotopic (exact) mass is 500 g/mol. The van der Waals surface area contributed by atoms with Crippen LogP contribution in [-0.4, -0.2) is 32.7 Å². The maximum Gasteiger partial charge on any atom is 0.194 e. The lowest BCUT2D eigenvalue weighted by Gasteiger charge is -2.22. The second-order valence-electron chi connectivity index (χ2n) is 6.15. The normalized spacial score (nSPS) is 11.3. The van der Waals surface area contributed by atoms with Crippen molar-refractivity contribution in [1.29, 1.82) is 0 Å². The van der Waals surface area contributed by atoms with Gasteiger partial charge in [-0.25, -0.2) is 4.99 Å². The number of furan rings is 1. The highest BCUT2D eigenvalue weighted by molar-refractivity contribution is 14.0. The molecule has 0 spiro atoms. The molecule has 3 aromatic heterocycles. The molecule has 3 aromatic rings. The zero-order chi connectivity index (χ0) is 18.5. The number of nitrogens with zero attached hydrogens (tertiary/aromatic N) is 5. The van der Waals surface area contributed by atoms with E-state index >= 15 is 0 Å². The average molecular weight is 500 g/mol. The Morgan fingerprint density at radius 2 is 2.15 bits per heavy atom. The first-order valence-corrected chi connectivity index (χ1v) is 9.32. The van der Waals surface area contributed by atoms with Crippen molar-refractivity contribution in [2.24, 2.45) is 12.0 Å². The number of aromatic nitrogens is 3. The number of thiophene rings is 1. The molecular formula is C18H25IN6OS. The lowest BCUT2D eigenvalue weighted by molar-refractivity contribution is 0.461. The van der Waals surface area contributed by atoms with Gasteiger partial charge in [-0.15, -0.1) is 45.5 Å². The summed E-state index contributed by atoms with van der Waals surface area (Å²) < 4.78 is 7.36. The molecule has 146 valence electrons. The first kappa shape index (κ1) is 21.4. The van der Waals surface area contributed by atoms with Crippen LogP contribution in [0.15, 0.2) is 39.3 Å². The zero-order valence-corrected chi connectivity index (χ0v) is 19.1. The van der Waals surface area contributed by atoms with Gasteiger partial charge in [-0.1, -0.05) is 6.07 Å². The average Bonchev–Trinajstić information content (AvgIpc) is 3.34. The van der Waals surface area contributed by atoms with Crippen molar-refractivity contribution in [2.45, 2.75) is 33.5 Å². The van der Waals surface area contributed by atoms with Crippen LogP contribution in [0.25, 0.3) is 0 Å². The molecule has 3 heterocycles. The molecule has 0 aromatic carbocycles. The molecular weight excluding hydrogens is 475 g/mol. The van der Waals surface area contributed by atoms with Crippen molar-refractivity contribution in [2.75, 3.05) is 7.05 Å². The largest absolute Gasteiger partial charge is 0.469 e. The van der Waals surface area contributed by atoms with Gasteiger partial charge in [0.25, 0.3) is 0 Å². The van der Waals surface area contributed by atoms with Crippen LogP contribution in [0.2, 0.25) is 0 Å². The van der Waals surface area contributed by atoms with Gasteiger partial charge in [0.1, 0.15) is 18.1 Å². The Labute approximate surface area is 180 Å². The fourth-order valence-electron chi connectivity index (χ4n) is 2.53. The quantitative estimate of drug-likeness (QED) is 0.319. The molecule has 0 aliphatic carbocycles. The third-order valence-corrected chi connectivity index (χ3v) is 5.17. The number of hydrogen-bond donors (Lipinski definition) is 1. The SMILES string of the molecule is Cc1occc1CN(C)C(=NCc1nnc(C)n1C)NCc1cccs1.I. The molecule has 0 saturated heterocycles. The summed E-state index contributed by atoms with van der Waals surface area (Å²) in [4.78, 5) is 8.12. The Hall–Kier alpha value is -1.88. The van der Waals surface area contributed by atoms with Gasteiger partial charge in [0, 0.05) is 31.1 Å². The van der Waals surface area contributed by atoms with E-state index in [0.29, 0.717) is 6.54 Å². The van der Waals surface area contributed by atoms with Crippen LogP contribution >= 0.6 is 35.3 Å². The number of halogens is 1. The van der Waals surface area contributed by atoms with Crippen LogP contribution < -0.4 is 5.32 Å². The predicted octanol–water partition coefficient (Wildman–Crippen LogP) is 3.48. The highest BCUT2D eigenvalue weighted by Gasteiger charge is 2.12. The van der Waals surface area contributed by atoms with E-state index in [1.54, 1.807) is 17.6 Å². The minimum absolute atomic E-state index is 0. The summed E-state index contributed by atoms with van der Waals surface area (Å²) in [5.74, 6) is 3.47. The Balaban J connectivity index is 0.00000261. The van der Waals surface area contributed by atoms with E-state index in [-0.39, 0.29) is 24.0 Å². The van der Waals surface area contributed by atoms with Gasteiger partial charge in [-0.05, 0) is 31.4 Å². The smallest absolute Gasteiger partial charge is 0.194 e. The summed E-state index contributed by atoms with van der Waals surface area (Å²) in [7, 11) is 3.98. The predicted molar refractivity (Wildman–Crippen MR) is 118 cm³/mol. The zero-order valence-electron chi connectivity index (χ0n) is 16.0. The van der Waals surface area contributed by atoms with Crippen molar-refractivity contribution < 1.29 is 4.42 Å². The van der Waals surface area contributed by atoms with Crippen LogP contribution in [0.1, 0.15) is 27.8 Å². The van der Waals surface area contributed by atoms with Crippen LogP contribution in [-0.2, 0) is 26.7 Å². The summed E-state index contributed by atoms with van der Waals surface area (Å²) in [6, 6.07) is 6.16. The third kappa shape index (κ3) is 5.55. The lowest BCUT2D eigenvalue weighted by Crippen LogP contribution is -2.38. The Bertz CT molecular complexity index is 870. The van der Waals surface area contributed by atoms with E-state index < -0.39 is 0 Å². The van der Waals surface area contributed by atoms with Gasteiger partial charge in [0.05, 0.1) is 12.8 Å². The van der Waals surface area contributed by atoms with Crippen LogP contribution in [0.5, 0.6) is 0 Å². The second-order valence-corrected chi connectivity index (χ2v) is 7.19. The van der Waals surface area contributed by atoms with E-state index in [1.165, 1.54) is 4.88 Å². The number of nitrogens with one attached hydrogen (secondary N) is 1. The topological polar surface area (TPSA) is 71.5 Å². The highest BCUT2D eigenvalue weighted by Crippen LogP contribution is 2.12. The van der Waals surface area contributed by atoms with Gasteiger partial charge in [-0.2, -0.15) is 0 Å². The van der Waals surface area contributed by atoms with Gasteiger partial charge in [0.2, 0.25) is 0 Å². The maximum absolute atomic E-state index is 5.40. The van der Waals surface area contributed by atoms with E-state index in [0.717, 1.165) is 42.0 Å². The molecule has 0 radical (unpaired) electrons. The minimum Gasteiger partial charge on any atom is -0.469 e. The van der Waals surface area contributed by atoms with Gasteiger partial charge in [-0.3, -0.25) is 0 Å². The fraction of sp³-hybridized carbons (Fsp3) is 0.389. The van der Waals surface area contributed by atoms with E-state index in [1.807, 2.05) is 38.6 Å². The molecule has 0 saturated carbocycles. The third-order valence-electron chi connectivity index (χ3n) is 4.29. The Morgan fingerprint density at radius 1 is 1.33 bits per heavy atom. The fourth-order valence-corrected chi connectivity index (χ4v) is 3.18. The van der Waals surface area contributed by atoms with Crippen molar-refractivity contribution >= 4 is 41.3 Å². The molecule has 1 N–H and O–H groups in total. The van der Waals surface area contributed by atoms with Crippen LogP contribution in [0, 0.1) is 13.8 Å². The van der Waals surface area contributed by atoms with E-state index in [9.17, 15) is 0 Å². The van der Waals surface area contributed by atoms with Crippen LogP contribution in [0.4, 0.5) is 0 Å². The second kappa shape index (κ2) is 9.88. The number of rotatable bonds is 6. The summed E-state index contributed by atoms with van der Waals surface area (Å²) in [6.07, 6.45) is 1.72. The Kier molecular flexibility index (Phi) is 7.84. The number of hydrogen-bond acceptors (Lipinski definition) is 5. The van der Waals surface area contributed by atoms with Gasteiger partial charge in [0.15, 0.2) is 11.8 Å². The highest BCUT2D eigenvalue weighted by atomic mass is 127. The summed E-state index contributed by atoms with van der Waals surface area (Å²) in [6.45, 7) is 5.84. The molecule has 0 amide bonds. The molecule has 0 atom stereocenters. The molecule has 3 rings (SSSR count). The first-order valence-electron chi connectivity index (χ1n) is 8.44. The van der Waals surface area contributed by atoms with Crippen molar-refractivity contribution in [3.8, 4) is 0 Å². The van der Waals surface area contributed by atoms with Crippen LogP contribution in [0.3, 0.4) is 0 Å². The van der Waals surface area contributed by atoms with Gasteiger partial charge < -0.3 is 19.2 Å². The van der Waals surface area contributed by atoms with Gasteiger partial charge >= 0.3 is 0 Å². The van der Waals surface area contributed by atoms with E-state index in [4.69, 9.17) is 9.41 Å². The number of aliphatic imine (C=N–C) groups is 1. The molecule has 9 heteroatoms. The molecule has 0 aliphatic rings. The summed E-state index contributed by atoms with van der Waals surface area (Å²) in [5, 5.41) is 13.8.